The summed E-state index contributed by atoms with van der Waals surface area (Å²) in [4.78, 5) is 49.3. The van der Waals surface area contributed by atoms with E-state index < -0.39 is 29.9 Å². The maximum Gasteiger partial charge on any atom is 0.408 e. The van der Waals surface area contributed by atoms with E-state index in [4.69, 9.17) is 9.47 Å². The molecular formula is C23H22N2O6. The number of hydrogen-bond donors (Lipinski definition) is 1. The Labute approximate surface area is 179 Å². The summed E-state index contributed by atoms with van der Waals surface area (Å²) in [5.74, 6) is -1.62. The van der Waals surface area contributed by atoms with E-state index >= 15 is 0 Å². The van der Waals surface area contributed by atoms with Gasteiger partial charge in [0.15, 0.2) is 0 Å². The van der Waals surface area contributed by atoms with Crippen LogP contribution in [-0.2, 0) is 37.1 Å². The van der Waals surface area contributed by atoms with Crippen molar-refractivity contribution < 1.29 is 28.7 Å². The van der Waals surface area contributed by atoms with Crippen LogP contribution >= 0.6 is 0 Å². The minimum Gasteiger partial charge on any atom is -0.459 e. The van der Waals surface area contributed by atoms with Gasteiger partial charge in [0.1, 0.15) is 19.3 Å². The molecule has 0 aromatic heterocycles. The molecule has 0 bridgehead atoms. The number of ether oxygens (including phenoxy) is 2. The number of nitrogens with one attached hydrogen (secondary N) is 1. The number of nitrogens with zero attached hydrogens (tertiary/aromatic N) is 1. The highest BCUT2D eigenvalue weighted by Gasteiger charge is 2.28. The summed E-state index contributed by atoms with van der Waals surface area (Å²) in [5, 5.41) is 2.47. The zero-order chi connectivity index (χ0) is 22.1. The van der Waals surface area contributed by atoms with E-state index in [1.807, 2.05) is 36.4 Å². The Morgan fingerprint density at radius 2 is 1.32 bits per heavy atom. The van der Waals surface area contributed by atoms with Gasteiger partial charge in [-0.15, -0.1) is 0 Å². The molecule has 1 N–H and O–H groups in total. The number of benzene rings is 2. The van der Waals surface area contributed by atoms with Crippen molar-refractivity contribution in [3.05, 3.63) is 83.9 Å². The number of imide groups is 1. The second-order valence-corrected chi connectivity index (χ2v) is 6.80. The maximum absolute atomic E-state index is 12.6. The smallest absolute Gasteiger partial charge is 0.408 e. The molecular weight excluding hydrogens is 400 g/mol. The molecule has 1 atom stereocenters. The number of carbonyl (C=O) groups is 4. The monoisotopic (exact) mass is 422 g/mol. The van der Waals surface area contributed by atoms with Crippen molar-refractivity contribution in [2.75, 3.05) is 6.54 Å². The van der Waals surface area contributed by atoms with E-state index in [1.165, 1.54) is 0 Å². The van der Waals surface area contributed by atoms with Crippen LogP contribution in [0.2, 0.25) is 0 Å². The highest BCUT2D eigenvalue weighted by Crippen LogP contribution is 2.09. The van der Waals surface area contributed by atoms with Crippen molar-refractivity contribution in [1.29, 1.82) is 0 Å². The summed E-state index contributed by atoms with van der Waals surface area (Å²) in [7, 11) is 0. The Kier molecular flexibility index (Phi) is 7.53. The van der Waals surface area contributed by atoms with Gasteiger partial charge in [-0.25, -0.2) is 9.59 Å². The molecule has 0 aliphatic carbocycles. The molecule has 0 unspecified atom stereocenters. The van der Waals surface area contributed by atoms with Crippen LogP contribution in [0.5, 0.6) is 0 Å². The second-order valence-electron chi connectivity index (χ2n) is 6.80. The van der Waals surface area contributed by atoms with Gasteiger partial charge in [0.2, 0.25) is 0 Å². The molecule has 8 heteroatoms. The van der Waals surface area contributed by atoms with Gasteiger partial charge in [-0.3, -0.25) is 14.5 Å². The molecule has 160 valence electrons. The van der Waals surface area contributed by atoms with Crippen LogP contribution in [0, 0.1) is 0 Å². The quantitative estimate of drug-likeness (QED) is 0.492. The summed E-state index contributed by atoms with van der Waals surface area (Å²) < 4.78 is 10.5. The molecule has 1 heterocycles. The topological polar surface area (TPSA) is 102 Å². The zero-order valence-electron chi connectivity index (χ0n) is 16.7. The van der Waals surface area contributed by atoms with E-state index in [0.29, 0.717) is 0 Å². The van der Waals surface area contributed by atoms with Gasteiger partial charge >= 0.3 is 12.1 Å². The Morgan fingerprint density at radius 1 is 0.806 bits per heavy atom. The lowest BCUT2D eigenvalue weighted by Crippen LogP contribution is -2.45. The van der Waals surface area contributed by atoms with Gasteiger partial charge in [-0.2, -0.15) is 0 Å². The van der Waals surface area contributed by atoms with Gasteiger partial charge in [-0.1, -0.05) is 60.7 Å². The number of alkyl carbamates (subject to hydrolysis) is 1. The van der Waals surface area contributed by atoms with E-state index in [0.717, 1.165) is 28.2 Å². The normalized spacial score (nSPS) is 13.7. The highest BCUT2D eigenvalue weighted by atomic mass is 16.6. The fourth-order valence-corrected chi connectivity index (χ4v) is 2.89. The summed E-state index contributed by atoms with van der Waals surface area (Å²) >= 11 is 0. The first-order chi connectivity index (χ1) is 15.0. The van der Waals surface area contributed by atoms with Crippen LogP contribution in [-0.4, -0.2) is 41.4 Å². The van der Waals surface area contributed by atoms with Crippen LogP contribution in [0.25, 0.3) is 0 Å². The van der Waals surface area contributed by atoms with Crippen LogP contribution in [0.3, 0.4) is 0 Å². The fourth-order valence-electron chi connectivity index (χ4n) is 2.89. The van der Waals surface area contributed by atoms with Gasteiger partial charge < -0.3 is 14.8 Å². The second kappa shape index (κ2) is 10.7. The van der Waals surface area contributed by atoms with Crippen LogP contribution in [0.4, 0.5) is 4.79 Å². The number of rotatable bonds is 9. The van der Waals surface area contributed by atoms with E-state index in [2.05, 4.69) is 5.32 Å². The summed E-state index contributed by atoms with van der Waals surface area (Å²) in [6.45, 7) is 0.0141. The van der Waals surface area contributed by atoms with E-state index in [-0.39, 0.29) is 26.2 Å². The number of carbonyl (C=O) groups excluding carboxylic acids is 4. The average molecular weight is 422 g/mol. The summed E-state index contributed by atoms with van der Waals surface area (Å²) in [5.41, 5.74) is 1.58. The summed E-state index contributed by atoms with van der Waals surface area (Å²) in [6.07, 6.45) is 1.51. The predicted molar refractivity (Wildman–Crippen MR) is 110 cm³/mol. The zero-order valence-corrected chi connectivity index (χ0v) is 16.7. The van der Waals surface area contributed by atoms with Crippen LogP contribution in [0.1, 0.15) is 17.5 Å². The Morgan fingerprint density at radius 3 is 1.87 bits per heavy atom. The molecule has 1 aliphatic rings. The molecule has 8 nitrogen and oxygen atoms in total. The molecule has 0 fully saturated rings. The fraction of sp³-hybridized carbons (Fsp3) is 0.217. The third-order valence-electron chi connectivity index (χ3n) is 4.56. The Bertz CT molecular complexity index is 941. The van der Waals surface area contributed by atoms with Crippen LogP contribution in [0.15, 0.2) is 72.8 Å². The molecule has 2 aromatic carbocycles. The standard InChI is InChI=1S/C23H22N2O6/c26-20-11-12-21(27)25(20)14-13-19(22(28)30-15-17-7-3-1-4-8-17)24-23(29)31-16-18-9-5-2-6-10-18/h1-12,19H,13-16H2,(H,24,29)/t19-/m0/s1. The van der Waals surface area contributed by atoms with Crippen LogP contribution < -0.4 is 5.32 Å². The van der Waals surface area contributed by atoms with E-state index in [1.54, 1.807) is 24.3 Å². The molecule has 1 aliphatic heterocycles. The number of hydrogen-bond acceptors (Lipinski definition) is 6. The van der Waals surface area contributed by atoms with Crippen molar-refractivity contribution in [3.8, 4) is 0 Å². The van der Waals surface area contributed by atoms with Gasteiger partial charge in [0.25, 0.3) is 11.8 Å². The molecule has 0 saturated heterocycles. The third-order valence-corrected chi connectivity index (χ3v) is 4.56. The maximum atomic E-state index is 12.6. The van der Waals surface area contributed by atoms with Gasteiger partial charge in [0, 0.05) is 18.7 Å². The number of esters is 1. The van der Waals surface area contributed by atoms with Crippen molar-refractivity contribution in [1.82, 2.24) is 10.2 Å². The lowest BCUT2D eigenvalue weighted by Gasteiger charge is -2.20. The number of amides is 3. The first kappa shape index (κ1) is 21.8. The largest absolute Gasteiger partial charge is 0.459 e. The lowest BCUT2D eigenvalue weighted by atomic mass is 10.2. The average Bonchev–Trinajstić information content (AvgIpc) is 3.12. The first-order valence-electron chi connectivity index (χ1n) is 9.74. The Balaban J connectivity index is 1.58. The molecule has 3 amide bonds. The first-order valence-corrected chi connectivity index (χ1v) is 9.74. The molecule has 0 spiro atoms. The Hall–Kier alpha value is -3.94. The minimum atomic E-state index is -1.09. The molecule has 0 saturated carbocycles. The highest BCUT2D eigenvalue weighted by molar-refractivity contribution is 6.12. The molecule has 31 heavy (non-hydrogen) atoms. The lowest BCUT2D eigenvalue weighted by molar-refractivity contribution is -0.148. The van der Waals surface area contributed by atoms with Crippen molar-refractivity contribution in [2.24, 2.45) is 0 Å². The predicted octanol–water partition coefficient (Wildman–Crippen LogP) is 2.34. The van der Waals surface area contributed by atoms with Crippen molar-refractivity contribution >= 4 is 23.9 Å². The van der Waals surface area contributed by atoms with E-state index in [9.17, 15) is 19.2 Å². The summed E-state index contributed by atoms with van der Waals surface area (Å²) in [6, 6.07) is 17.1. The SMILES string of the molecule is O=C(N[C@@H](CCN1C(=O)C=CC1=O)C(=O)OCc1ccccc1)OCc1ccccc1. The van der Waals surface area contributed by atoms with Crippen molar-refractivity contribution in [2.45, 2.75) is 25.7 Å². The minimum absolute atomic E-state index is 0.00673. The van der Waals surface area contributed by atoms with Gasteiger partial charge in [0.05, 0.1) is 0 Å². The third kappa shape index (κ3) is 6.53. The molecule has 2 aromatic rings. The molecule has 3 rings (SSSR count). The van der Waals surface area contributed by atoms with Crippen molar-refractivity contribution in [3.63, 3.8) is 0 Å². The molecule has 0 radical (unpaired) electrons. The van der Waals surface area contributed by atoms with Gasteiger partial charge in [-0.05, 0) is 17.5 Å².